The minimum absolute atomic E-state index is 0.0400. The summed E-state index contributed by atoms with van der Waals surface area (Å²) >= 11 is 1.85. The number of unbranched alkanes of at least 4 members (excludes halogenated alkanes) is 1. The molecule has 0 bridgehead atoms. The Labute approximate surface area is 380 Å². The van der Waals surface area contributed by atoms with E-state index in [9.17, 15) is 57.7 Å². The molecule has 7 amide bonds. The summed E-state index contributed by atoms with van der Waals surface area (Å²) < 4.78 is 68.9. The number of rotatable bonds is 30. The number of aromatic nitrogens is 2. The van der Waals surface area contributed by atoms with Crippen molar-refractivity contribution in [1.29, 1.82) is 0 Å². The first-order chi connectivity index (χ1) is 31.0. The molecule has 3 fully saturated rings. The lowest BCUT2D eigenvalue weighted by Crippen LogP contribution is -2.38. The smallest absolute Gasteiger partial charge is 0.387 e. The van der Waals surface area contributed by atoms with E-state index in [0.717, 1.165) is 35.9 Å². The van der Waals surface area contributed by atoms with E-state index in [2.05, 4.69) is 50.0 Å². The fourth-order valence-electron chi connectivity index (χ4n) is 6.65. The first-order valence-electron chi connectivity index (χ1n) is 20.2. The zero-order valence-electron chi connectivity index (χ0n) is 35.3. The number of hydrogen-bond acceptors (Lipinski definition) is 19. The van der Waals surface area contributed by atoms with Crippen LogP contribution < -0.4 is 37.6 Å². The molecule has 3 saturated heterocycles. The average Bonchev–Trinajstić information content (AvgIpc) is 3.95. The molecule has 3 unspecified atom stereocenters. The van der Waals surface area contributed by atoms with Crippen molar-refractivity contribution in [3.8, 4) is 0 Å². The number of primary amides is 1. The number of aliphatic hydroxyl groups excluding tert-OH is 2. The second kappa shape index (κ2) is 25.9. The van der Waals surface area contributed by atoms with Gasteiger partial charge in [-0.05, 0) is 19.8 Å². The summed E-state index contributed by atoms with van der Waals surface area (Å²) in [5.41, 5.74) is 4.78. The highest BCUT2D eigenvalue weighted by atomic mass is 32.2. The summed E-state index contributed by atoms with van der Waals surface area (Å²) in [5, 5.41) is 37.5. The Morgan fingerprint density at radius 3 is 2.20 bits per heavy atom. The number of aliphatic hydroxyl groups is 2. The molecule has 0 spiro atoms. The number of carbonyl (C=O) groups excluding carboxylic acids is 5. The van der Waals surface area contributed by atoms with Crippen LogP contribution in [0.2, 0.25) is 0 Å². The minimum atomic E-state index is -5.85. The van der Waals surface area contributed by atoms with E-state index in [-0.39, 0.29) is 56.8 Å². The number of anilines is 1. The SMILES string of the molecule is C[C@@H](CC(=O)NCCOCCOCCOCCNC(=O)CCCC[C@@H]1SC[C@H]2NC(=O)N[C@@H]12)NC(=O)c1ncn([C@@H]2O[C@H](COP(=O)(O)OP(=O)(O)OP(=O)(O)O)C(O)[C@@H]2O)c1NC(N)=O. The topological polar surface area (TPSA) is 439 Å². The Morgan fingerprint density at radius 2 is 1.56 bits per heavy atom. The standard InChI is InChI=1S/C32H56N9O21P3S/c1-18(14-23(43)35-7-9-57-11-13-58-12-10-56-8-6-34-22(42)5-3-2-4-21-24-19(16-66-21)38-32(48)39-24)37-29(46)25-28(40-31(33)47)41(17-36-25)30-27(45)26(44)20(60-30)15-59-64(52,53)62-65(54,55)61-63(49,50)51/h17-21,24,26-27,30,44-45H,2-16H2,1H3,(H,34,42)(H,35,43)(H,37,46)(H,52,53)(H,54,55)(H3,33,40,47)(H2,38,39,48)(H2,49,50,51)/t18-,19+,20+,21-,24+,26?,27-,30+/m0/s1. The van der Waals surface area contributed by atoms with Crippen LogP contribution in [0.1, 0.15) is 55.7 Å². The van der Waals surface area contributed by atoms with E-state index in [1.54, 1.807) is 0 Å². The molecular weight excluding hydrogens is 971 g/mol. The number of ether oxygens (including phenoxy) is 4. The van der Waals surface area contributed by atoms with Gasteiger partial charge in [-0.3, -0.25) is 28.8 Å². The third-order valence-electron chi connectivity index (χ3n) is 9.51. The fourth-order valence-corrected chi connectivity index (χ4v) is 11.2. The van der Waals surface area contributed by atoms with Gasteiger partial charge >= 0.3 is 35.5 Å². The predicted octanol–water partition coefficient (Wildman–Crippen LogP) is -2.15. The number of nitrogens with one attached hydrogen (secondary N) is 6. The summed E-state index contributed by atoms with van der Waals surface area (Å²) in [4.78, 5) is 101. The second-order valence-corrected chi connectivity index (χ2v) is 20.4. The molecule has 30 nitrogen and oxygen atoms in total. The van der Waals surface area contributed by atoms with Gasteiger partial charge < -0.3 is 81.1 Å². The van der Waals surface area contributed by atoms with Gasteiger partial charge in [-0.2, -0.15) is 20.4 Å². The summed E-state index contributed by atoms with van der Waals surface area (Å²) in [7, 11) is -17.2. The van der Waals surface area contributed by atoms with Crippen LogP contribution in [0.25, 0.3) is 0 Å². The molecule has 0 radical (unpaired) electrons. The van der Waals surface area contributed by atoms with Crippen molar-refractivity contribution >= 4 is 70.8 Å². The molecule has 1 aromatic heterocycles. The highest BCUT2D eigenvalue weighted by Crippen LogP contribution is 2.66. The van der Waals surface area contributed by atoms with E-state index in [0.29, 0.717) is 38.0 Å². The van der Waals surface area contributed by atoms with Crippen LogP contribution in [0, 0.1) is 0 Å². The molecule has 3 aliphatic heterocycles. The molecule has 34 heteroatoms. The quantitative estimate of drug-likeness (QED) is 0.0222. The van der Waals surface area contributed by atoms with E-state index in [1.807, 2.05) is 11.8 Å². The average molecular weight is 1030 g/mol. The first kappa shape index (κ1) is 55.3. The number of hydrogen-bond donors (Lipinski definition) is 13. The van der Waals surface area contributed by atoms with Gasteiger partial charge in [0.05, 0.1) is 64.7 Å². The lowest BCUT2D eigenvalue weighted by Gasteiger charge is -2.20. The fraction of sp³-hybridized carbons (Fsp3) is 0.750. The normalized spacial score (nSPS) is 24.9. The van der Waals surface area contributed by atoms with Crippen LogP contribution in [0.15, 0.2) is 6.33 Å². The maximum atomic E-state index is 13.2. The van der Waals surface area contributed by atoms with Crippen molar-refractivity contribution in [3.63, 3.8) is 0 Å². The number of thioether (sulfide) groups is 1. The third-order valence-corrected chi connectivity index (χ3v) is 14.8. The molecule has 4 rings (SSSR count). The van der Waals surface area contributed by atoms with E-state index in [4.69, 9.17) is 34.5 Å². The van der Waals surface area contributed by atoms with Crippen LogP contribution >= 0.6 is 35.2 Å². The summed E-state index contributed by atoms with van der Waals surface area (Å²) in [6.07, 6.45) is -3.48. The van der Waals surface area contributed by atoms with Crippen molar-refractivity contribution in [2.75, 3.05) is 70.4 Å². The Kier molecular flexibility index (Phi) is 21.7. The molecule has 10 atom stereocenters. The van der Waals surface area contributed by atoms with Gasteiger partial charge in [0.1, 0.15) is 24.1 Å². The molecule has 0 aromatic carbocycles. The molecular formula is C32H56N9O21P3S. The summed E-state index contributed by atoms with van der Waals surface area (Å²) in [6, 6.07) is -1.76. The van der Waals surface area contributed by atoms with Crippen molar-refractivity contribution < 1.29 is 99.5 Å². The highest BCUT2D eigenvalue weighted by Gasteiger charge is 2.48. The molecule has 3 aliphatic rings. The monoisotopic (exact) mass is 1030 g/mol. The second-order valence-electron chi connectivity index (χ2n) is 14.8. The predicted molar refractivity (Wildman–Crippen MR) is 225 cm³/mol. The number of nitrogens with zero attached hydrogens (tertiary/aromatic N) is 2. The molecule has 376 valence electrons. The number of amides is 7. The number of imidazole rings is 1. The van der Waals surface area contributed by atoms with Crippen LogP contribution in [-0.4, -0.2) is 176 Å². The van der Waals surface area contributed by atoms with Crippen molar-refractivity contribution in [2.24, 2.45) is 5.73 Å². The van der Waals surface area contributed by atoms with E-state index >= 15 is 0 Å². The highest BCUT2D eigenvalue weighted by molar-refractivity contribution is 8.00. The number of fused-ring (bicyclic) bond motifs is 1. The largest absolute Gasteiger partial charge is 0.490 e. The van der Waals surface area contributed by atoms with Crippen LogP contribution in [-0.2, 0) is 55.4 Å². The van der Waals surface area contributed by atoms with E-state index in [1.165, 1.54) is 6.92 Å². The number of phosphoric acid groups is 3. The van der Waals surface area contributed by atoms with Crippen LogP contribution in [0.5, 0.6) is 0 Å². The van der Waals surface area contributed by atoms with Crippen LogP contribution in [0.3, 0.4) is 0 Å². The Hall–Kier alpha value is -3.32. The minimum Gasteiger partial charge on any atom is -0.387 e. The van der Waals surface area contributed by atoms with Crippen molar-refractivity contribution in [1.82, 2.24) is 36.1 Å². The third kappa shape index (κ3) is 18.6. The summed E-state index contributed by atoms with van der Waals surface area (Å²) in [6.45, 7) is 2.49. The number of carbonyl (C=O) groups is 5. The molecule has 0 saturated carbocycles. The van der Waals surface area contributed by atoms with Crippen molar-refractivity contribution in [2.45, 2.75) is 86.9 Å². The van der Waals surface area contributed by atoms with Gasteiger partial charge in [0.25, 0.3) is 5.91 Å². The van der Waals surface area contributed by atoms with Gasteiger partial charge in [0.2, 0.25) is 11.8 Å². The van der Waals surface area contributed by atoms with Gasteiger partial charge in [0.15, 0.2) is 11.9 Å². The Bertz CT molecular complexity index is 1970. The van der Waals surface area contributed by atoms with Gasteiger partial charge in [0, 0.05) is 43.0 Å². The van der Waals surface area contributed by atoms with Gasteiger partial charge in [-0.15, -0.1) is 0 Å². The molecule has 4 heterocycles. The molecule has 14 N–H and O–H groups in total. The van der Waals surface area contributed by atoms with Crippen LogP contribution in [0.4, 0.5) is 15.4 Å². The Balaban J connectivity index is 1.05. The number of phosphoric ester groups is 1. The molecule has 0 aliphatic carbocycles. The zero-order chi connectivity index (χ0) is 48.7. The van der Waals surface area contributed by atoms with E-state index < -0.39 is 90.0 Å². The van der Waals surface area contributed by atoms with Gasteiger partial charge in [-0.25, -0.2) is 28.3 Å². The summed E-state index contributed by atoms with van der Waals surface area (Å²) in [5.74, 6) is -0.963. The van der Waals surface area contributed by atoms with Gasteiger partial charge in [-0.1, -0.05) is 6.42 Å². The maximum absolute atomic E-state index is 13.2. The lowest BCUT2D eigenvalue weighted by atomic mass is 10.0. The van der Waals surface area contributed by atoms with Crippen molar-refractivity contribution in [3.05, 3.63) is 12.0 Å². The Morgan fingerprint density at radius 1 is 0.924 bits per heavy atom. The number of urea groups is 2. The number of nitrogens with two attached hydrogens (primary N) is 1. The molecule has 66 heavy (non-hydrogen) atoms. The maximum Gasteiger partial charge on any atom is 0.490 e. The first-order valence-corrected chi connectivity index (χ1v) is 25.8. The molecule has 1 aromatic rings. The zero-order valence-corrected chi connectivity index (χ0v) is 38.8. The lowest BCUT2D eigenvalue weighted by molar-refractivity contribution is -0.122.